The van der Waals surface area contributed by atoms with Gasteiger partial charge in [0.15, 0.2) is 0 Å². The molecule has 0 aliphatic heterocycles. The lowest BCUT2D eigenvalue weighted by Crippen LogP contribution is -2.16. The van der Waals surface area contributed by atoms with E-state index >= 15 is 0 Å². The van der Waals surface area contributed by atoms with Crippen molar-refractivity contribution in [1.29, 1.82) is 0 Å². The van der Waals surface area contributed by atoms with Crippen LogP contribution in [0.25, 0.3) is 5.69 Å². The van der Waals surface area contributed by atoms with Crippen molar-refractivity contribution in [2.75, 3.05) is 0 Å². The number of aromatic nitrogens is 1. The summed E-state index contributed by atoms with van der Waals surface area (Å²) in [6.45, 7) is 1.94. The number of benzene rings is 1. The predicted octanol–water partition coefficient (Wildman–Crippen LogP) is 2.80. The Morgan fingerprint density at radius 2 is 2.00 bits per heavy atom. The fourth-order valence-electron chi connectivity index (χ4n) is 1.42. The van der Waals surface area contributed by atoms with Crippen LogP contribution in [-0.4, -0.2) is 4.57 Å². The van der Waals surface area contributed by atoms with Crippen molar-refractivity contribution in [3.05, 3.63) is 63.5 Å². The lowest BCUT2D eigenvalue weighted by molar-refractivity contribution is 0.977. The normalized spacial score (nSPS) is 10.3. The zero-order valence-corrected chi connectivity index (χ0v) is 9.03. The molecule has 0 aliphatic rings. The van der Waals surface area contributed by atoms with Crippen LogP contribution in [0, 0.1) is 6.92 Å². The van der Waals surface area contributed by atoms with Crippen molar-refractivity contribution < 1.29 is 0 Å². The molecule has 1 heterocycles. The molecule has 0 atom stereocenters. The smallest absolute Gasteiger partial charge is 0.255 e. The SMILES string of the molecule is Cc1ccc(=O)n(-c2cccc(Cl)c2)c1. The fraction of sp³-hybridized carbons (Fsp3) is 0.0833. The molecule has 76 valence electrons. The van der Waals surface area contributed by atoms with E-state index in [-0.39, 0.29) is 5.56 Å². The first-order valence-electron chi connectivity index (χ1n) is 4.62. The summed E-state index contributed by atoms with van der Waals surface area (Å²) in [5.41, 5.74) is 1.77. The van der Waals surface area contributed by atoms with Gasteiger partial charge in [-0.15, -0.1) is 0 Å². The van der Waals surface area contributed by atoms with E-state index in [1.54, 1.807) is 35.0 Å². The Balaban J connectivity index is 2.63. The molecule has 3 heteroatoms. The van der Waals surface area contributed by atoms with Gasteiger partial charge in [0.2, 0.25) is 0 Å². The van der Waals surface area contributed by atoms with Gasteiger partial charge in [-0.3, -0.25) is 9.36 Å². The van der Waals surface area contributed by atoms with E-state index in [2.05, 4.69) is 0 Å². The molecule has 0 N–H and O–H groups in total. The molecule has 2 aromatic rings. The lowest BCUT2D eigenvalue weighted by atomic mass is 10.2. The number of aryl methyl sites for hydroxylation is 1. The fourth-order valence-corrected chi connectivity index (χ4v) is 1.61. The predicted molar refractivity (Wildman–Crippen MR) is 61.8 cm³/mol. The van der Waals surface area contributed by atoms with Crippen LogP contribution >= 0.6 is 11.6 Å². The Hall–Kier alpha value is -1.54. The van der Waals surface area contributed by atoms with Crippen LogP contribution in [0.2, 0.25) is 5.02 Å². The number of nitrogens with zero attached hydrogens (tertiary/aromatic N) is 1. The van der Waals surface area contributed by atoms with Crippen LogP contribution in [0.1, 0.15) is 5.56 Å². The topological polar surface area (TPSA) is 22.0 Å². The standard InChI is InChI=1S/C12H10ClNO/c1-9-5-6-12(15)14(8-9)11-4-2-3-10(13)7-11/h2-8H,1H3. The molecule has 15 heavy (non-hydrogen) atoms. The number of halogens is 1. The quantitative estimate of drug-likeness (QED) is 0.723. The third-order valence-electron chi connectivity index (χ3n) is 2.15. The highest BCUT2D eigenvalue weighted by Crippen LogP contribution is 2.13. The minimum atomic E-state index is -0.0529. The van der Waals surface area contributed by atoms with E-state index < -0.39 is 0 Å². The molecular formula is C12H10ClNO. The van der Waals surface area contributed by atoms with Crippen LogP contribution < -0.4 is 5.56 Å². The van der Waals surface area contributed by atoms with Crippen molar-refractivity contribution in [1.82, 2.24) is 4.57 Å². The first-order chi connectivity index (χ1) is 7.16. The van der Waals surface area contributed by atoms with Gasteiger partial charge in [0.05, 0.1) is 5.69 Å². The Labute approximate surface area is 92.7 Å². The molecule has 0 unspecified atom stereocenters. The largest absolute Gasteiger partial charge is 0.284 e. The summed E-state index contributed by atoms with van der Waals surface area (Å²) in [4.78, 5) is 11.6. The highest BCUT2D eigenvalue weighted by Gasteiger charge is 1.99. The van der Waals surface area contributed by atoms with Gasteiger partial charge in [-0.2, -0.15) is 0 Å². The van der Waals surface area contributed by atoms with Crippen molar-refractivity contribution in [2.45, 2.75) is 6.92 Å². The summed E-state index contributed by atoms with van der Waals surface area (Å²) >= 11 is 5.87. The highest BCUT2D eigenvalue weighted by molar-refractivity contribution is 6.30. The van der Waals surface area contributed by atoms with Gasteiger partial charge in [-0.1, -0.05) is 23.7 Å². The second kappa shape index (κ2) is 3.91. The minimum Gasteiger partial charge on any atom is -0.284 e. The minimum absolute atomic E-state index is 0.0529. The monoisotopic (exact) mass is 219 g/mol. The van der Waals surface area contributed by atoms with Crippen LogP contribution in [0.4, 0.5) is 0 Å². The summed E-state index contributed by atoms with van der Waals surface area (Å²) < 4.78 is 1.58. The molecule has 1 aromatic heterocycles. The zero-order valence-electron chi connectivity index (χ0n) is 8.27. The molecule has 0 saturated heterocycles. The van der Waals surface area contributed by atoms with E-state index in [0.29, 0.717) is 5.02 Å². The molecule has 0 amide bonds. The number of hydrogen-bond donors (Lipinski definition) is 0. The number of rotatable bonds is 1. The zero-order chi connectivity index (χ0) is 10.8. The van der Waals surface area contributed by atoms with E-state index in [4.69, 9.17) is 11.6 Å². The molecule has 0 radical (unpaired) electrons. The van der Waals surface area contributed by atoms with Gasteiger partial charge in [-0.25, -0.2) is 0 Å². The number of pyridine rings is 1. The summed E-state index contributed by atoms with van der Waals surface area (Å²) in [7, 11) is 0. The Morgan fingerprint density at radius 1 is 1.20 bits per heavy atom. The van der Waals surface area contributed by atoms with Crippen molar-refractivity contribution in [2.24, 2.45) is 0 Å². The summed E-state index contributed by atoms with van der Waals surface area (Å²) in [5.74, 6) is 0. The molecule has 0 bridgehead atoms. The first-order valence-corrected chi connectivity index (χ1v) is 5.00. The summed E-state index contributed by atoms with van der Waals surface area (Å²) in [6.07, 6.45) is 1.80. The number of hydrogen-bond acceptors (Lipinski definition) is 1. The molecule has 0 fully saturated rings. The molecule has 0 aliphatic carbocycles. The van der Waals surface area contributed by atoms with Gasteiger partial charge in [0.25, 0.3) is 5.56 Å². The molecular weight excluding hydrogens is 210 g/mol. The lowest BCUT2D eigenvalue weighted by Gasteiger charge is -2.06. The van der Waals surface area contributed by atoms with E-state index in [0.717, 1.165) is 11.3 Å². The molecule has 2 rings (SSSR count). The van der Waals surface area contributed by atoms with Gasteiger partial charge >= 0.3 is 0 Å². The van der Waals surface area contributed by atoms with Gasteiger partial charge < -0.3 is 0 Å². The van der Waals surface area contributed by atoms with Crippen LogP contribution in [0.15, 0.2) is 47.4 Å². The van der Waals surface area contributed by atoms with E-state index in [1.807, 2.05) is 19.1 Å². The molecule has 1 aromatic carbocycles. The maximum Gasteiger partial charge on any atom is 0.255 e. The molecule has 0 saturated carbocycles. The van der Waals surface area contributed by atoms with Crippen LogP contribution in [-0.2, 0) is 0 Å². The van der Waals surface area contributed by atoms with Gasteiger partial charge in [0.1, 0.15) is 0 Å². The summed E-state index contributed by atoms with van der Waals surface area (Å²) in [5, 5.41) is 0.626. The van der Waals surface area contributed by atoms with Crippen molar-refractivity contribution >= 4 is 11.6 Å². The maximum atomic E-state index is 11.6. The second-order valence-corrected chi connectivity index (χ2v) is 3.83. The molecule has 2 nitrogen and oxygen atoms in total. The Morgan fingerprint density at radius 3 is 2.73 bits per heavy atom. The Bertz CT molecular complexity index is 545. The van der Waals surface area contributed by atoms with Gasteiger partial charge in [-0.05, 0) is 30.7 Å². The Kier molecular flexibility index (Phi) is 2.60. The third-order valence-corrected chi connectivity index (χ3v) is 2.38. The third kappa shape index (κ3) is 2.10. The average Bonchev–Trinajstić information content (AvgIpc) is 2.22. The maximum absolute atomic E-state index is 11.6. The average molecular weight is 220 g/mol. The van der Waals surface area contributed by atoms with E-state index in [9.17, 15) is 4.79 Å². The van der Waals surface area contributed by atoms with Crippen LogP contribution in [0.3, 0.4) is 0 Å². The molecule has 0 spiro atoms. The summed E-state index contributed by atoms with van der Waals surface area (Å²) in [6, 6.07) is 10.6. The van der Waals surface area contributed by atoms with Crippen molar-refractivity contribution in [3.8, 4) is 5.69 Å². The highest BCUT2D eigenvalue weighted by atomic mass is 35.5. The van der Waals surface area contributed by atoms with Crippen molar-refractivity contribution in [3.63, 3.8) is 0 Å². The second-order valence-electron chi connectivity index (χ2n) is 3.39. The van der Waals surface area contributed by atoms with Gasteiger partial charge in [0, 0.05) is 17.3 Å². The first kappa shape index (κ1) is 9.99. The van der Waals surface area contributed by atoms with Crippen LogP contribution in [0.5, 0.6) is 0 Å². The van der Waals surface area contributed by atoms with E-state index in [1.165, 1.54) is 0 Å².